The van der Waals surface area contributed by atoms with Gasteiger partial charge in [0, 0.05) is 0 Å². The number of thioether (sulfide) groups is 1. The van der Waals surface area contributed by atoms with Crippen LogP contribution in [0.25, 0.3) is 6.08 Å². The van der Waals surface area contributed by atoms with Crippen LogP contribution in [0, 0.1) is 13.8 Å². The van der Waals surface area contributed by atoms with E-state index in [1.807, 2.05) is 67.6 Å². The first-order valence-corrected chi connectivity index (χ1v) is 11.4. The molecule has 0 unspecified atom stereocenters. The van der Waals surface area contributed by atoms with Crippen LogP contribution in [-0.2, 0) is 11.4 Å². The summed E-state index contributed by atoms with van der Waals surface area (Å²) in [5, 5.41) is 0. The Kier molecular flexibility index (Phi) is 6.63. The SMILES string of the molecule is COc1cc(/C=C2\SC(=S)N(c3ccccc3C)C2=O)ccc1OCc1ccc(C)cc1. The number of para-hydroxylation sites is 1. The van der Waals surface area contributed by atoms with Gasteiger partial charge in [-0.3, -0.25) is 9.69 Å². The molecule has 1 amide bonds. The van der Waals surface area contributed by atoms with Crippen LogP contribution in [0.5, 0.6) is 11.5 Å². The number of aryl methyl sites for hydroxylation is 2. The van der Waals surface area contributed by atoms with E-state index >= 15 is 0 Å². The minimum Gasteiger partial charge on any atom is -0.493 e. The lowest BCUT2D eigenvalue weighted by Gasteiger charge is -2.16. The van der Waals surface area contributed by atoms with Crippen molar-refractivity contribution in [3.63, 3.8) is 0 Å². The van der Waals surface area contributed by atoms with Crippen molar-refractivity contribution in [3.05, 3.63) is 93.9 Å². The van der Waals surface area contributed by atoms with E-state index in [0.717, 1.165) is 22.4 Å². The molecular weight excluding hydrogens is 438 g/mol. The average molecular weight is 462 g/mol. The van der Waals surface area contributed by atoms with Gasteiger partial charge in [-0.05, 0) is 54.8 Å². The molecule has 3 aromatic rings. The number of anilines is 1. The summed E-state index contributed by atoms with van der Waals surface area (Å²) in [6, 6.07) is 21.6. The number of hydrogen-bond acceptors (Lipinski definition) is 5. The summed E-state index contributed by atoms with van der Waals surface area (Å²) in [6.07, 6.45) is 1.84. The Hall–Kier alpha value is -3.09. The summed E-state index contributed by atoms with van der Waals surface area (Å²) in [6.45, 7) is 4.48. The van der Waals surface area contributed by atoms with Crippen LogP contribution in [-0.4, -0.2) is 17.3 Å². The molecule has 0 spiro atoms. The first-order chi connectivity index (χ1) is 15.5. The highest BCUT2D eigenvalue weighted by Crippen LogP contribution is 2.38. The van der Waals surface area contributed by atoms with Gasteiger partial charge >= 0.3 is 0 Å². The van der Waals surface area contributed by atoms with Gasteiger partial charge in [0.05, 0.1) is 17.7 Å². The Labute approximate surface area is 197 Å². The molecule has 4 nitrogen and oxygen atoms in total. The van der Waals surface area contributed by atoms with Crippen LogP contribution >= 0.6 is 24.0 Å². The first-order valence-electron chi connectivity index (χ1n) is 10.2. The molecule has 0 N–H and O–H groups in total. The fourth-order valence-corrected chi connectivity index (χ4v) is 4.66. The molecule has 1 fully saturated rings. The summed E-state index contributed by atoms with van der Waals surface area (Å²) in [7, 11) is 1.61. The Morgan fingerprint density at radius 1 is 1.00 bits per heavy atom. The molecule has 0 radical (unpaired) electrons. The molecule has 0 bridgehead atoms. The van der Waals surface area contributed by atoms with E-state index in [4.69, 9.17) is 21.7 Å². The zero-order valence-electron chi connectivity index (χ0n) is 18.1. The highest BCUT2D eigenvalue weighted by molar-refractivity contribution is 8.27. The lowest BCUT2D eigenvalue weighted by Crippen LogP contribution is -2.28. The Bertz CT molecular complexity index is 1200. The van der Waals surface area contributed by atoms with Crippen molar-refractivity contribution >= 4 is 46.0 Å². The Balaban J connectivity index is 1.54. The van der Waals surface area contributed by atoms with Gasteiger partial charge in [0.15, 0.2) is 15.8 Å². The predicted molar refractivity (Wildman–Crippen MR) is 135 cm³/mol. The summed E-state index contributed by atoms with van der Waals surface area (Å²) in [4.78, 5) is 15.2. The standard InChI is InChI=1S/C26H23NO3S2/c1-17-8-10-19(11-9-17)16-30-22-13-12-20(14-23(22)29-3)15-24-25(28)27(26(31)32-24)21-7-5-4-6-18(21)2/h4-15H,16H2,1-3H3/b24-15-. The number of rotatable bonds is 6. The fraction of sp³-hybridized carbons (Fsp3) is 0.154. The number of carbonyl (C=O) groups is 1. The smallest absolute Gasteiger partial charge is 0.270 e. The van der Waals surface area contributed by atoms with Crippen molar-refractivity contribution < 1.29 is 14.3 Å². The van der Waals surface area contributed by atoms with Crippen molar-refractivity contribution in [2.24, 2.45) is 0 Å². The Morgan fingerprint density at radius 2 is 1.75 bits per heavy atom. The molecule has 32 heavy (non-hydrogen) atoms. The summed E-state index contributed by atoms with van der Waals surface area (Å²) in [5.41, 5.74) is 4.96. The zero-order chi connectivity index (χ0) is 22.7. The van der Waals surface area contributed by atoms with Gasteiger partial charge in [-0.1, -0.05) is 78.1 Å². The summed E-state index contributed by atoms with van der Waals surface area (Å²) >= 11 is 6.80. The molecule has 6 heteroatoms. The van der Waals surface area contributed by atoms with Crippen molar-refractivity contribution in [2.75, 3.05) is 12.0 Å². The van der Waals surface area contributed by atoms with Gasteiger partial charge in [-0.25, -0.2) is 0 Å². The number of amides is 1. The molecule has 1 aliphatic rings. The number of hydrogen-bond donors (Lipinski definition) is 0. The van der Waals surface area contributed by atoms with Crippen molar-refractivity contribution in [3.8, 4) is 11.5 Å². The molecule has 0 atom stereocenters. The van der Waals surface area contributed by atoms with Gasteiger partial charge in [-0.2, -0.15) is 0 Å². The monoisotopic (exact) mass is 461 g/mol. The maximum atomic E-state index is 13.1. The third-order valence-electron chi connectivity index (χ3n) is 5.15. The number of benzene rings is 3. The lowest BCUT2D eigenvalue weighted by molar-refractivity contribution is -0.113. The second-order valence-electron chi connectivity index (χ2n) is 7.49. The molecule has 0 aromatic heterocycles. The molecule has 162 valence electrons. The van der Waals surface area contributed by atoms with Crippen molar-refractivity contribution in [1.29, 1.82) is 0 Å². The van der Waals surface area contributed by atoms with E-state index in [-0.39, 0.29) is 5.91 Å². The van der Waals surface area contributed by atoms with Gasteiger partial charge in [0.25, 0.3) is 5.91 Å². The van der Waals surface area contributed by atoms with Crippen molar-refractivity contribution in [1.82, 2.24) is 0 Å². The first kappa shape index (κ1) is 22.1. The zero-order valence-corrected chi connectivity index (χ0v) is 19.8. The molecular formula is C26H23NO3S2. The molecule has 1 saturated heterocycles. The number of ether oxygens (including phenoxy) is 2. The largest absolute Gasteiger partial charge is 0.493 e. The third-order valence-corrected chi connectivity index (χ3v) is 6.45. The number of carbonyl (C=O) groups excluding carboxylic acids is 1. The molecule has 3 aromatic carbocycles. The third kappa shape index (κ3) is 4.71. The number of methoxy groups -OCH3 is 1. The van der Waals surface area contributed by atoms with Gasteiger partial charge in [0.2, 0.25) is 0 Å². The van der Waals surface area contributed by atoms with Gasteiger partial charge in [0.1, 0.15) is 6.61 Å². The Morgan fingerprint density at radius 3 is 2.47 bits per heavy atom. The maximum Gasteiger partial charge on any atom is 0.270 e. The van der Waals surface area contributed by atoms with E-state index in [1.54, 1.807) is 12.0 Å². The number of nitrogens with zero attached hydrogens (tertiary/aromatic N) is 1. The van der Waals surface area contributed by atoms with E-state index in [0.29, 0.717) is 27.3 Å². The fourth-order valence-electron chi connectivity index (χ4n) is 3.38. The van der Waals surface area contributed by atoms with Crippen LogP contribution in [0.15, 0.2) is 71.6 Å². The van der Waals surface area contributed by atoms with Crippen LogP contribution in [0.2, 0.25) is 0 Å². The predicted octanol–water partition coefficient (Wildman–Crippen LogP) is 6.30. The normalized spacial score (nSPS) is 14.8. The topological polar surface area (TPSA) is 38.8 Å². The molecule has 4 rings (SSSR count). The van der Waals surface area contributed by atoms with Crippen LogP contribution in [0.3, 0.4) is 0 Å². The minimum absolute atomic E-state index is 0.118. The van der Waals surface area contributed by atoms with E-state index in [9.17, 15) is 4.79 Å². The van der Waals surface area contributed by atoms with Gasteiger partial charge < -0.3 is 9.47 Å². The summed E-state index contributed by atoms with van der Waals surface area (Å²) in [5.74, 6) is 1.14. The second-order valence-corrected chi connectivity index (χ2v) is 9.16. The maximum absolute atomic E-state index is 13.1. The second kappa shape index (κ2) is 9.59. The highest BCUT2D eigenvalue weighted by Gasteiger charge is 2.33. The lowest BCUT2D eigenvalue weighted by atomic mass is 10.1. The van der Waals surface area contributed by atoms with E-state index in [1.165, 1.54) is 17.3 Å². The molecule has 1 aliphatic heterocycles. The quantitative estimate of drug-likeness (QED) is 0.318. The minimum atomic E-state index is -0.118. The van der Waals surface area contributed by atoms with E-state index in [2.05, 4.69) is 19.1 Å². The van der Waals surface area contributed by atoms with Crippen LogP contribution < -0.4 is 14.4 Å². The molecule has 0 aliphatic carbocycles. The molecule has 0 saturated carbocycles. The number of thiocarbonyl (C=S) groups is 1. The molecule has 1 heterocycles. The van der Waals surface area contributed by atoms with Gasteiger partial charge in [-0.15, -0.1) is 0 Å². The van der Waals surface area contributed by atoms with Crippen LogP contribution in [0.4, 0.5) is 5.69 Å². The van der Waals surface area contributed by atoms with Crippen molar-refractivity contribution in [2.45, 2.75) is 20.5 Å². The highest BCUT2D eigenvalue weighted by atomic mass is 32.2. The summed E-state index contributed by atoms with van der Waals surface area (Å²) < 4.78 is 12.0. The van der Waals surface area contributed by atoms with E-state index < -0.39 is 0 Å². The van der Waals surface area contributed by atoms with Crippen LogP contribution in [0.1, 0.15) is 22.3 Å². The average Bonchev–Trinajstić information content (AvgIpc) is 3.07.